The van der Waals surface area contributed by atoms with Crippen molar-refractivity contribution in [2.45, 2.75) is 17.4 Å². The van der Waals surface area contributed by atoms with Gasteiger partial charge in [0.2, 0.25) is 10.0 Å². The van der Waals surface area contributed by atoms with Gasteiger partial charge in [0.1, 0.15) is 10.7 Å². The molecule has 9 heteroatoms. The Bertz CT molecular complexity index is 702. The van der Waals surface area contributed by atoms with Crippen molar-refractivity contribution in [1.29, 1.82) is 0 Å². The summed E-state index contributed by atoms with van der Waals surface area (Å²) in [6.07, 6.45) is 0.206. The van der Waals surface area contributed by atoms with Crippen molar-refractivity contribution < 1.29 is 21.2 Å². The third-order valence-corrected chi connectivity index (χ3v) is 6.53. The number of nitrogens with one attached hydrogen (secondary N) is 1. The van der Waals surface area contributed by atoms with Crippen LogP contribution in [-0.2, 0) is 19.9 Å². The van der Waals surface area contributed by atoms with Gasteiger partial charge in [0.25, 0.3) is 0 Å². The summed E-state index contributed by atoms with van der Waals surface area (Å²) < 4.78 is 62.7. The van der Waals surface area contributed by atoms with Gasteiger partial charge in [0.05, 0.1) is 11.5 Å². The van der Waals surface area contributed by atoms with Gasteiger partial charge < -0.3 is 0 Å². The maximum absolute atomic E-state index is 13.5. The largest absolute Gasteiger partial charge is 0.243 e. The van der Waals surface area contributed by atoms with E-state index in [-0.39, 0.29) is 17.9 Å². The lowest BCUT2D eigenvalue weighted by atomic mass is 10.3. The van der Waals surface area contributed by atoms with E-state index in [0.29, 0.717) is 4.47 Å². The van der Waals surface area contributed by atoms with Gasteiger partial charge in [0.15, 0.2) is 9.84 Å². The number of sulfone groups is 1. The molecule has 1 saturated heterocycles. The van der Waals surface area contributed by atoms with Crippen LogP contribution in [0, 0.1) is 5.82 Å². The highest BCUT2D eigenvalue weighted by Crippen LogP contribution is 2.21. The molecule has 1 aromatic carbocycles. The topological polar surface area (TPSA) is 80.3 Å². The molecular formula is C10H11BrFNO4S2. The molecule has 1 aliphatic rings. The molecule has 0 radical (unpaired) electrons. The minimum atomic E-state index is -4.07. The van der Waals surface area contributed by atoms with Gasteiger partial charge in [-0.15, -0.1) is 0 Å². The molecule has 0 aromatic heterocycles. The SMILES string of the molecule is O=S1(=O)CCC(NS(=O)(=O)c2cc(Br)ccc2F)C1. The van der Waals surface area contributed by atoms with Gasteiger partial charge in [-0.1, -0.05) is 15.9 Å². The first kappa shape index (κ1) is 14.9. The Balaban J connectivity index is 2.26. The van der Waals surface area contributed by atoms with Gasteiger partial charge in [-0.3, -0.25) is 0 Å². The zero-order valence-corrected chi connectivity index (χ0v) is 12.9. The van der Waals surface area contributed by atoms with E-state index in [9.17, 15) is 21.2 Å². The van der Waals surface area contributed by atoms with E-state index in [1.165, 1.54) is 6.07 Å². The van der Waals surface area contributed by atoms with Crippen LogP contribution in [-0.4, -0.2) is 34.4 Å². The zero-order valence-electron chi connectivity index (χ0n) is 9.64. The van der Waals surface area contributed by atoms with Crippen LogP contribution in [0.2, 0.25) is 0 Å². The first-order valence-corrected chi connectivity index (χ1v) is 9.47. The van der Waals surface area contributed by atoms with Crippen molar-refractivity contribution in [3.05, 3.63) is 28.5 Å². The second-order valence-corrected chi connectivity index (χ2v) is 9.12. The predicted octanol–water partition coefficient (Wildman–Crippen LogP) is 1.05. The van der Waals surface area contributed by atoms with Gasteiger partial charge in [-0.25, -0.2) is 25.9 Å². The van der Waals surface area contributed by atoms with Crippen molar-refractivity contribution in [1.82, 2.24) is 4.72 Å². The maximum atomic E-state index is 13.5. The third kappa shape index (κ3) is 3.53. The van der Waals surface area contributed by atoms with Crippen LogP contribution >= 0.6 is 15.9 Å². The molecule has 5 nitrogen and oxygen atoms in total. The molecule has 0 spiro atoms. The molecule has 0 amide bonds. The second-order valence-electron chi connectivity index (χ2n) is 4.30. The van der Waals surface area contributed by atoms with Crippen LogP contribution < -0.4 is 4.72 Å². The highest BCUT2D eigenvalue weighted by molar-refractivity contribution is 9.10. The fourth-order valence-corrected chi connectivity index (χ4v) is 5.52. The Morgan fingerprint density at radius 2 is 2.05 bits per heavy atom. The van der Waals surface area contributed by atoms with Crippen LogP contribution in [0.4, 0.5) is 4.39 Å². The molecule has 1 unspecified atom stereocenters. The van der Waals surface area contributed by atoms with Crippen LogP contribution in [0.15, 0.2) is 27.6 Å². The summed E-state index contributed by atoms with van der Waals surface area (Å²) in [6, 6.07) is 2.85. The van der Waals surface area contributed by atoms with Gasteiger partial charge in [-0.2, -0.15) is 0 Å². The van der Waals surface area contributed by atoms with Crippen LogP contribution in [0.3, 0.4) is 0 Å². The van der Waals surface area contributed by atoms with E-state index in [4.69, 9.17) is 0 Å². The van der Waals surface area contributed by atoms with Crippen molar-refractivity contribution in [2.75, 3.05) is 11.5 Å². The predicted molar refractivity (Wildman–Crippen MR) is 71.5 cm³/mol. The van der Waals surface area contributed by atoms with Crippen LogP contribution in [0.25, 0.3) is 0 Å². The van der Waals surface area contributed by atoms with Crippen molar-refractivity contribution in [2.24, 2.45) is 0 Å². The maximum Gasteiger partial charge on any atom is 0.243 e. The van der Waals surface area contributed by atoms with Crippen molar-refractivity contribution >= 4 is 35.8 Å². The molecule has 1 aliphatic heterocycles. The summed E-state index contributed by atoms with van der Waals surface area (Å²) in [5.41, 5.74) is 0. The van der Waals surface area contributed by atoms with E-state index in [0.717, 1.165) is 12.1 Å². The quantitative estimate of drug-likeness (QED) is 0.860. The zero-order chi connectivity index (χ0) is 14.3. The summed E-state index contributed by atoms with van der Waals surface area (Å²) in [7, 11) is -7.26. The molecule has 1 heterocycles. The lowest BCUT2D eigenvalue weighted by Crippen LogP contribution is -2.36. The van der Waals surface area contributed by atoms with Gasteiger partial charge in [-0.05, 0) is 24.6 Å². The highest BCUT2D eigenvalue weighted by atomic mass is 79.9. The molecule has 1 aromatic rings. The lowest BCUT2D eigenvalue weighted by molar-refractivity contribution is 0.544. The summed E-state index contributed by atoms with van der Waals surface area (Å²) >= 11 is 3.06. The Hall–Kier alpha value is -0.510. The Labute approximate surface area is 119 Å². The van der Waals surface area contributed by atoms with Crippen LogP contribution in [0.5, 0.6) is 0 Å². The fraction of sp³-hybridized carbons (Fsp3) is 0.400. The first-order chi connectivity index (χ1) is 8.70. The van der Waals surface area contributed by atoms with Gasteiger partial charge >= 0.3 is 0 Å². The molecule has 1 N–H and O–H groups in total. The third-order valence-electron chi connectivity index (χ3n) is 2.74. The highest BCUT2D eigenvalue weighted by Gasteiger charge is 2.32. The van der Waals surface area contributed by atoms with E-state index < -0.39 is 36.6 Å². The van der Waals surface area contributed by atoms with Crippen LogP contribution in [0.1, 0.15) is 6.42 Å². The van der Waals surface area contributed by atoms with E-state index in [2.05, 4.69) is 20.7 Å². The molecular weight excluding hydrogens is 361 g/mol. The fourth-order valence-electron chi connectivity index (χ4n) is 1.85. The second kappa shape index (κ2) is 5.12. The van der Waals surface area contributed by atoms with E-state index >= 15 is 0 Å². The lowest BCUT2D eigenvalue weighted by Gasteiger charge is -2.12. The minimum absolute atomic E-state index is 0.0544. The van der Waals surface area contributed by atoms with Crippen molar-refractivity contribution in [3.8, 4) is 0 Å². The number of sulfonamides is 1. The number of rotatable bonds is 3. The smallest absolute Gasteiger partial charge is 0.229 e. The standard InChI is InChI=1S/C10H11BrFNO4S2/c11-7-1-2-9(12)10(5-7)19(16,17)13-8-3-4-18(14,15)6-8/h1-2,5,8,13H,3-4,6H2. The summed E-state index contributed by atoms with van der Waals surface area (Å²) in [5.74, 6) is -1.18. The summed E-state index contributed by atoms with van der Waals surface area (Å²) in [4.78, 5) is -0.494. The number of halogens is 2. The molecule has 1 atom stereocenters. The van der Waals surface area contributed by atoms with E-state index in [1.807, 2.05) is 0 Å². The minimum Gasteiger partial charge on any atom is -0.229 e. The number of hydrogen-bond donors (Lipinski definition) is 1. The molecule has 19 heavy (non-hydrogen) atoms. The Morgan fingerprint density at radius 1 is 1.37 bits per heavy atom. The molecule has 0 saturated carbocycles. The monoisotopic (exact) mass is 371 g/mol. The van der Waals surface area contributed by atoms with E-state index in [1.54, 1.807) is 0 Å². The Kier molecular flexibility index (Phi) is 4.01. The summed E-state index contributed by atoms with van der Waals surface area (Å²) in [6.45, 7) is 0. The first-order valence-electron chi connectivity index (χ1n) is 5.37. The normalized spacial score (nSPS) is 22.5. The number of benzene rings is 1. The van der Waals surface area contributed by atoms with Crippen molar-refractivity contribution in [3.63, 3.8) is 0 Å². The average molecular weight is 372 g/mol. The molecule has 2 rings (SSSR count). The molecule has 0 bridgehead atoms. The Morgan fingerprint density at radius 3 is 2.63 bits per heavy atom. The average Bonchev–Trinajstić information content (AvgIpc) is 2.60. The summed E-state index contributed by atoms with van der Waals surface area (Å²) in [5, 5.41) is 0. The van der Waals surface area contributed by atoms with Gasteiger partial charge in [0, 0.05) is 10.5 Å². The molecule has 0 aliphatic carbocycles. The molecule has 106 valence electrons. The molecule has 1 fully saturated rings. The number of hydrogen-bond acceptors (Lipinski definition) is 4.